The third-order valence-electron chi connectivity index (χ3n) is 2.25. The van der Waals surface area contributed by atoms with Gasteiger partial charge >= 0.3 is 6.09 Å². The maximum atomic E-state index is 11.2. The summed E-state index contributed by atoms with van der Waals surface area (Å²) >= 11 is 0. The van der Waals surface area contributed by atoms with Gasteiger partial charge in [0.1, 0.15) is 11.4 Å². The number of hydrogen-bond acceptors (Lipinski definition) is 3. The lowest BCUT2D eigenvalue weighted by Gasteiger charge is -2.22. The Morgan fingerprint density at radius 2 is 2.00 bits per heavy atom. The first-order valence-electron chi connectivity index (χ1n) is 5.83. The van der Waals surface area contributed by atoms with E-state index < -0.39 is 11.7 Å². The molecule has 18 heavy (non-hydrogen) atoms. The molecule has 0 saturated heterocycles. The van der Waals surface area contributed by atoms with Crippen LogP contribution in [0, 0.1) is 0 Å². The number of anilines is 1. The van der Waals surface area contributed by atoms with Crippen molar-refractivity contribution in [1.29, 1.82) is 0 Å². The fourth-order valence-corrected chi connectivity index (χ4v) is 1.24. The fourth-order valence-electron chi connectivity index (χ4n) is 1.24. The lowest BCUT2D eigenvalue weighted by Crippen LogP contribution is -2.24. The average Bonchev–Trinajstić information content (AvgIpc) is 2.32. The lowest BCUT2D eigenvalue weighted by atomic mass is 10.1. The van der Waals surface area contributed by atoms with Crippen LogP contribution in [0.4, 0.5) is 10.5 Å². The first-order valence-corrected chi connectivity index (χ1v) is 5.83. The highest BCUT2D eigenvalue weighted by Crippen LogP contribution is 2.21. The SMILES string of the molecule is C=CC(C)(C)Oc1ccc(NC(=O)OCC)cc1. The van der Waals surface area contributed by atoms with Crippen molar-refractivity contribution in [2.75, 3.05) is 11.9 Å². The molecule has 0 aliphatic heterocycles. The van der Waals surface area contributed by atoms with E-state index in [0.717, 1.165) is 0 Å². The van der Waals surface area contributed by atoms with Crippen LogP contribution in [0.25, 0.3) is 0 Å². The number of rotatable bonds is 5. The zero-order valence-corrected chi connectivity index (χ0v) is 11.0. The van der Waals surface area contributed by atoms with Gasteiger partial charge in [-0.05, 0) is 51.1 Å². The summed E-state index contributed by atoms with van der Waals surface area (Å²) in [5.74, 6) is 0.717. The molecule has 0 radical (unpaired) electrons. The van der Waals surface area contributed by atoms with Crippen molar-refractivity contribution in [3.63, 3.8) is 0 Å². The Morgan fingerprint density at radius 1 is 1.39 bits per heavy atom. The van der Waals surface area contributed by atoms with Crippen molar-refractivity contribution in [3.05, 3.63) is 36.9 Å². The number of hydrogen-bond donors (Lipinski definition) is 1. The average molecular weight is 249 g/mol. The first kappa shape index (κ1) is 14.1. The Bertz CT molecular complexity index is 410. The minimum Gasteiger partial charge on any atom is -0.484 e. The summed E-state index contributed by atoms with van der Waals surface area (Å²) in [6.45, 7) is 9.66. The summed E-state index contributed by atoms with van der Waals surface area (Å²) in [5.41, 5.74) is 0.244. The van der Waals surface area contributed by atoms with Crippen LogP contribution in [-0.4, -0.2) is 18.3 Å². The van der Waals surface area contributed by atoms with Gasteiger partial charge in [0.2, 0.25) is 0 Å². The van der Waals surface area contributed by atoms with Crippen LogP contribution in [0.15, 0.2) is 36.9 Å². The first-order chi connectivity index (χ1) is 8.46. The molecule has 4 heteroatoms. The highest BCUT2D eigenvalue weighted by atomic mass is 16.5. The zero-order chi connectivity index (χ0) is 13.6. The second kappa shape index (κ2) is 6.10. The molecule has 0 unspecified atom stereocenters. The van der Waals surface area contributed by atoms with Crippen molar-refractivity contribution in [2.24, 2.45) is 0 Å². The molecular weight excluding hydrogens is 230 g/mol. The van der Waals surface area contributed by atoms with Crippen LogP contribution in [0.1, 0.15) is 20.8 Å². The predicted octanol–water partition coefficient (Wildman–Crippen LogP) is 3.60. The van der Waals surface area contributed by atoms with Crippen LogP contribution in [-0.2, 0) is 4.74 Å². The molecule has 4 nitrogen and oxygen atoms in total. The number of carbonyl (C=O) groups is 1. The quantitative estimate of drug-likeness (QED) is 0.811. The number of benzene rings is 1. The molecule has 1 rings (SSSR count). The van der Waals surface area contributed by atoms with Gasteiger partial charge in [0.25, 0.3) is 0 Å². The minimum absolute atomic E-state index is 0.348. The highest BCUT2D eigenvalue weighted by molar-refractivity contribution is 5.84. The normalized spacial score (nSPS) is 10.6. The van der Waals surface area contributed by atoms with Gasteiger partial charge in [0, 0.05) is 5.69 Å². The van der Waals surface area contributed by atoms with E-state index in [1.54, 1.807) is 37.3 Å². The molecule has 0 aliphatic rings. The summed E-state index contributed by atoms with van der Waals surface area (Å²) in [6.07, 6.45) is 1.27. The van der Waals surface area contributed by atoms with Gasteiger partial charge in [0.15, 0.2) is 0 Å². The van der Waals surface area contributed by atoms with E-state index in [1.165, 1.54) is 0 Å². The van der Waals surface area contributed by atoms with E-state index >= 15 is 0 Å². The molecular formula is C14H19NO3. The summed E-state index contributed by atoms with van der Waals surface area (Å²) in [6, 6.07) is 7.08. The fraction of sp³-hybridized carbons (Fsp3) is 0.357. The molecule has 1 aromatic rings. The number of nitrogens with one attached hydrogen (secondary N) is 1. The molecule has 0 bridgehead atoms. The van der Waals surface area contributed by atoms with Crippen LogP contribution in [0.5, 0.6) is 5.75 Å². The van der Waals surface area contributed by atoms with E-state index in [0.29, 0.717) is 18.0 Å². The van der Waals surface area contributed by atoms with Gasteiger partial charge in [-0.25, -0.2) is 4.79 Å². The van der Waals surface area contributed by atoms with Gasteiger partial charge in [-0.15, -0.1) is 0 Å². The van der Waals surface area contributed by atoms with Crippen LogP contribution in [0.3, 0.4) is 0 Å². The Kier molecular flexibility index (Phi) is 4.77. The Hall–Kier alpha value is -1.97. The van der Waals surface area contributed by atoms with E-state index in [2.05, 4.69) is 11.9 Å². The molecule has 0 aromatic heterocycles. The summed E-state index contributed by atoms with van der Waals surface area (Å²) in [5, 5.41) is 2.61. The van der Waals surface area contributed by atoms with Crippen molar-refractivity contribution in [3.8, 4) is 5.75 Å². The smallest absolute Gasteiger partial charge is 0.411 e. The van der Waals surface area contributed by atoms with Gasteiger partial charge in [-0.1, -0.05) is 6.58 Å². The van der Waals surface area contributed by atoms with Gasteiger partial charge in [-0.3, -0.25) is 5.32 Å². The summed E-state index contributed by atoms with van der Waals surface area (Å²) < 4.78 is 10.5. The van der Waals surface area contributed by atoms with Crippen molar-refractivity contribution in [2.45, 2.75) is 26.4 Å². The molecule has 1 amide bonds. The standard InChI is InChI=1S/C14H19NO3/c1-5-14(3,4)18-12-9-7-11(8-10-12)15-13(16)17-6-2/h5,7-10H,1,6H2,2-4H3,(H,15,16). The molecule has 1 N–H and O–H groups in total. The summed E-state index contributed by atoms with van der Waals surface area (Å²) in [7, 11) is 0. The van der Waals surface area contributed by atoms with Gasteiger partial charge in [0.05, 0.1) is 6.61 Å². The number of amides is 1. The number of carbonyl (C=O) groups excluding carboxylic acids is 1. The maximum Gasteiger partial charge on any atom is 0.411 e. The summed E-state index contributed by atoms with van der Waals surface area (Å²) in [4.78, 5) is 11.2. The van der Waals surface area contributed by atoms with Crippen molar-refractivity contribution >= 4 is 11.8 Å². The van der Waals surface area contributed by atoms with Crippen LogP contribution >= 0.6 is 0 Å². The topological polar surface area (TPSA) is 47.6 Å². The minimum atomic E-state index is -0.461. The van der Waals surface area contributed by atoms with Gasteiger partial charge < -0.3 is 9.47 Å². The van der Waals surface area contributed by atoms with Gasteiger partial charge in [-0.2, -0.15) is 0 Å². The second-order valence-electron chi connectivity index (χ2n) is 4.28. The third kappa shape index (κ3) is 4.49. The Balaban J connectivity index is 2.63. The molecule has 0 fully saturated rings. The second-order valence-corrected chi connectivity index (χ2v) is 4.28. The van der Waals surface area contributed by atoms with Crippen molar-refractivity contribution < 1.29 is 14.3 Å². The molecule has 0 saturated carbocycles. The largest absolute Gasteiger partial charge is 0.484 e. The van der Waals surface area contributed by atoms with Crippen molar-refractivity contribution in [1.82, 2.24) is 0 Å². The van der Waals surface area contributed by atoms with Crippen LogP contribution in [0.2, 0.25) is 0 Å². The highest BCUT2D eigenvalue weighted by Gasteiger charge is 2.14. The van der Waals surface area contributed by atoms with E-state index in [-0.39, 0.29) is 0 Å². The molecule has 0 aliphatic carbocycles. The Morgan fingerprint density at radius 3 is 2.50 bits per heavy atom. The van der Waals surface area contributed by atoms with Crippen LogP contribution < -0.4 is 10.1 Å². The monoisotopic (exact) mass is 249 g/mol. The molecule has 0 spiro atoms. The molecule has 0 heterocycles. The molecule has 0 atom stereocenters. The van der Waals surface area contributed by atoms with E-state index in [1.807, 2.05) is 13.8 Å². The molecule has 98 valence electrons. The number of ether oxygens (including phenoxy) is 2. The maximum absolute atomic E-state index is 11.2. The lowest BCUT2D eigenvalue weighted by molar-refractivity contribution is 0.162. The van der Waals surface area contributed by atoms with E-state index in [9.17, 15) is 4.79 Å². The van der Waals surface area contributed by atoms with E-state index in [4.69, 9.17) is 9.47 Å². The predicted molar refractivity (Wildman–Crippen MR) is 72.0 cm³/mol. The zero-order valence-electron chi connectivity index (χ0n) is 11.0. The Labute approximate surface area is 108 Å². The molecule has 1 aromatic carbocycles. The third-order valence-corrected chi connectivity index (χ3v) is 2.25.